The van der Waals surface area contributed by atoms with Crippen LogP contribution in [0.4, 0.5) is 0 Å². The van der Waals surface area contributed by atoms with Crippen molar-refractivity contribution >= 4 is 13.7 Å². The second kappa shape index (κ2) is 46.1. The molecule has 63 heavy (non-hydrogen) atoms. The summed E-state index contributed by atoms with van der Waals surface area (Å²) in [5.41, 5.74) is 0. The number of phosphoric ester groups is 1. The molecule has 0 spiro atoms. The minimum Gasteiger partial charge on any atom is -0.756 e. The molecule has 0 radical (unpaired) electrons. The topological polar surface area (TPSA) is 108 Å². The van der Waals surface area contributed by atoms with Crippen LogP contribution in [0.5, 0.6) is 0 Å². The van der Waals surface area contributed by atoms with Crippen molar-refractivity contribution in [3.8, 4) is 0 Å². The van der Waals surface area contributed by atoms with Crippen LogP contribution in [0.3, 0.4) is 0 Å². The van der Waals surface area contributed by atoms with Crippen molar-refractivity contribution in [1.82, 2.24) is 5.32 Å². The van der Waals surface area contributed by atoms with Crippen molar-refractivity contribution in [3.63, 3.8) is 0 Å². The first kappa shape index (κ1) is 62.0. The Morgan fingerprint density at radius 2 is 0.873 bits per heavy atom. The third-order valence-corrected chi connectivity index (χ3v) is 13.4. The van der Waals surface area contributed by atoms with E-state index in [9.17, 15) is 19.4 Å². The summed E-state index contributed by atoms with van der Waals surface area (Å²) in [6.07, 6.45) is 57.0. The lowest BCUT2D eigenvalue weighted by molar-refractivity contribution is -0.870. The Kier molecular flexibility index (Phi) is 45.4. The van der Waals surface area contributed by atoms with Gasteiger partial charge in [0.25, 0.3) is 7.82 Å². The highest BCUT2D eigenvalue weighted by molar-refractivity contribution is 7.45. The van der Waals surface area contributed by atoms with Gasteiger partial charge in [0.2, 0.25) is 5.91 Å². The van der Waals surface area contributed by atoms with Crippen LogP contribution in [-0.4, -0.2) is 68.5 Å². The predicted molar refractivity (Wildman–Crippen MR) is 270 cm³/mol. The Labute approximate surface area is 392 Å². The summed E-state index contributed by atoms with van der Waals surface area (Å²) in [7, 11) is 1.27. The largest absolute Gasteiger partial charge is 0.756 e. The van der Waals surface area contributed by atoms with Crippen LogP contribution in [-0.2, 0) is 18.4 Å². The van der Waals surface area contributed by atoms with Gasteiger partial charge >= 0.3 is 0 Å². The van der Waals surface area contributed by atoms with Gasteiger partial charge in [0.05, 0.1) is 39.9 Å². The number of amides is 1. The molecular formula is C54H107N2O6P. The number of unbranched alkanes of at least 4 members (excludes halogenated alkanes) is 35. The minimum atomic E-state index is -4.58. The van der Waals surface area contributed by atoms with E-state index < -0.39 is 20.0 Å². The molecule has 1 amide bonds. The first-order valence-electron chi connectivity index (χ1n) is 27.2. The number of nitrogens with one attached hydrogen (secondary N) is 1. The van der Waals surface area contributed by atoms with Crippen molar-refractivity contribution in [1.29, 1.82) is 0 Å². The number of aliphatic hydroxyl groups is 1. The molecule has 0 aliphatic rings. The average Bonchev–Trinajstić information content (AvgIpc) is 3.24. The number of aliphatic hydroxyl groups excluding tert-OH is 1. The fourth-order valence-electron chi connectivity index (χ4n) is 8.09. The highest BCUT2D eigenvalue weighted by Crippen LogP contribution is 2.38. The Bertz CT molecular complexity index is 1080. The van der Waals surface area contributed by atoms with Crippen molar-refractivity contribution < 1.29 is 32.9 Å². The van der Waals surface area contributed by atoms with Gasteiger partial charge in [0.1, 0.15) is 13.2 Å². The smallest absolute Gasteiger partial charge is 0.268 e. The zero-order valence-corrected chi connectivity index (χ0v) is 43.4. The first-order valence-corrected chi connectivity index (χ1v) is 28.7. The zero-order chi connectivity index (χ0) is 46.4. The number of hydrogen-bond acceptors (Lipinski definition) is 6. The summed E-state index contributed by atoms with van der Waals surface area (Å²) in [5, 5.41) is 13.8. The summed E-state index contributed by atoms with van der Waals surface area (Å²) < 4.78 is 23.2. The monoisotopic (exact) mass is 911 g/mol. The molecule has 0 aromatic heterocycles. The Morgan fingerprint density at radius 3 is 1.24 bits per heavy atom. The molecule has 0 rings (SSSR count). The van der Waals surface area contributed by atoms with Crippen molar-refractivity contribution in [2.75, 3.05) is 40.9 Å². The number of carbonyl (C=O) groups is 1. The molecule has 9 heteroatoms. The Morgan fingerprint density at radius 1 is 0.540 bits per heavy atom. The maximum Gasteiger partial charge on any atom is 0.268 e. The molecule has 0 aromatic carbocycles. The molecular weight excluding hydrogens is 804 g/mol. The van der Waals surface area contributed by atoms with E-state index in [1.54, 1.807) is 6.08 Å². The Hall–Kier alpha value is -1.02. The highest BCUT2D eigenvalue weighted by Gasteiger charge is 2.23. The first-order chi connectivity index (χ1) is 30.5. The third kappa shape index (κ3) is 48.7. The molecule has 3 atom stereocenters. The summed E-state index contributed by atoms with van der Waals surface area (Å²) in [5.74, 6) is -0.195. The van der Waals surface area contributed by atoms with Gasteiger partial charge in [-0.05, 0) is 44.9 Å². The van der Waals surface area contributed by atoms with Crippen LogP contribution < -0.4 is 10.2 Å². The van der Waals surface area contributed by atoms with Gasteiger partial charge in [-0.15, -0.1) is 0 Å². The van der Waals surface area contributed by atoms with E-state index >= 15 is 0 Å². The predicted octanol–water partition coefficient (Wildman–Crippen LogP) is 15.4. The van der Waals surface area contributed by atoms with Gasteiger partial charge in [-0.3, -0.25) is 9.36 Å². The quantitative estimate of drug-likeness (QED) is 0.0272. The Balaban J connectivity index is 3.96. The second-order valence-corrected chi connectivity index (χ2v) is 21.3. The lowest BCUT2D eigenvalue weighted by Crippen LogP contribution is -2.45. The van der Waals surface area contributed by atoms with Crippen LogP contribution in [0.1, 0.15) is 264 Å². The zero-order valence-electron chi connectivity index (χ0n) is 42.5. The SMILES string of the molecule is CCCCCCCCCC/C=C\CCCCCCCCCCCCCCCCCCCCCC(=O)NC(COP(=O)([O-])OCC[N+](C)(C)C)C(O)/C=C/CCCCCCCCCC. The lowest BCUT2D eigenvalue weighted by Gasteiger charge is -2.29. The van der Waals surface area contributed by atoms with Crippen molar-refractivity contribution in [2.24, 2.45) is 0 Å². The summed E-state index contributed by atoms with van der Waals surface area (Å²) in [4.78, 5) is 25.3. The van der Waals surface area contributed by atoms with E-state index in [0.717, 1.165) is 38.5 Å². The molecule has 0 aliphatic carbocycles. The average molecular weight is 911 g/mol. The lowest BCUT2D eigenvalue weighted by atomic mass is 10.0. The van der Waals surface area contributed by atoms with Crippen LogP contribution in [0.25, 0.3) is 0 Å². The van der Waals surface area contributed by atoms with Crippen LogP contribution >= 0.6 is 7.82 Å². The van der Waals surface area contributed by atoms with E-state index in [1.807, 2.05) is 27.2 Å². The van der Waals surface area contributed by atoms with Gasteiger partial charge in [-0.2, -0.15) is 0 Å². The number of likely N-dealkylation sites (N-methyl/N-ethyl adjacent to an activating group) is 1. The van der Waals surface area contributed by atoms with Gasteiger partial charge in [0, 0.05) is 6.42 Å². The van der Waals surface area contributed by atoms with E-state index in [0.29, 0.717) is 17.4 Å². The highest BCUT2D eigenvalue weighted by atomic mass is 31.2. The van der Waals surface area contributed by atoms with E-state index in [4.69, 9.17) is 9.05 Å². The molecule has 374 valence electrons. The number of rotatable bonds is 50. The molecule has 0 aromatic rings. The maximum atomic E-state index is 12.9. The van der Waals surface area contributed by atoms with Crippen molar-refractivity contribution in [3.05, 3.63) is 24.3 Å². The molecule has 0 saturated heterocycles. The fourth-order valence-corrected chi connectivity index (χ4v) is 8.81. The number of phosphoric acid groups is 1. The maximum absolute atomic E-state index is 12.9. The molecule has 3 unspecified atom stereocenters. The van der Waals surface area contributed by atoms with Gasteiger partial charge < -0.3 is 28.8 Å². The number of allylic oxidation sites excluding steroid dienone is 3. The van der Waals surface area contributed by atoms with Crippen LogP contribution in [0, 0.1) is 0 Å². The third-order valence-electron chi connectivity index (χ3n) is 12.4. The molecule has 0 bridgehead atoms. The van der Waals surface area contributed by atoms with Gasteiger partial charge in [0.15, 0.2) is 0 Å². The molecule has 0 fully saturated rings. The second-order valence-electron chi connectivity index (χ2n) is 19.9. The number of nitrogens with zero attached hydrogens (tertiary/aromatic N) is 1. The number of hydrogen-bond donors (Lipinski definition) is 2. The van der Waals surface area contributed by atoms with Crippen LogP contribution in [0.2, 0.25) is 0 Å². The number of carbonyl (C=O) groups excluding carboxylic acids is 1. The fraction of sp³-hybridized carbons (Fsp3) is 0.907. The molecule has 0 saturated carbocycles. The molecule has 8 nitrogen and oxygen atoms in total. The number of quaternary nitrogens is 1. The summed E-state index contributed by atoms with van der Waals surface area (Å²) >= 11 is 0. The van der Waals surface area contributed by atoms with Gasteiger partial charge in [-0.1, -0.05) is 237 Å². The summed E-state index contributed by atoms with van der Waals surface area (Å²) in [6, 6.07) is -0.881. The van der Waals surface area contributed by atoms with E-state index in [1.165, 1.54) is 205 Å². The van der Waals surface area contributed by atoms with Gasteiger partial charge in [-0.25, -0.2) is 0 Å². The minimum absolute atomic E-state index is 0.000972. The standard InChI is InChI=1S/C54H107N2O6P/c1-6-8-10-12-14-16-18-19-20-21-22-23-24-25-26-27-28-29-30-31-32-33-34-35-36-37-38-40-42-44-46-48-54(58)55-52(51-62-63(59,60)61-50-49-56(3,4)5)53(57)47-45-43-41-39-17-15-13-11-9-7-2/h21-22,45,47,52-53,57H,6-20,23-44,46,48-51H2,1-5H3,(H-,55,58,59,60)/b22-21-,47-45+. The molecule has 0 aliphatic heterocycles. The van der Waals surface area contributed by atoms with E-state index in [2.05, 4.69) is 31.3 Å². The van der Waals surface area contributed by atoms with E-state index in [-0.39, 0.29) is 19.1 Å². The normalized spacial score (nSPS) is 14.2. The van der Waals surface area contributed by atoms with Crippen LogP contribution in [0.15, 0.2) is 24.3 Å². The van der Waals surface area contributed by atoms with Crippen molar-refractivity contribution in [2.45, 2.75) is 276 Å². The molecule has 0 heterocycles. The summed E-state index contributed by atoms with van der Waals surface area (Å²) in [6.45, 7) is 4.64. The molecule has 2 N–H and O–H groups in total.